The van der Waals surface area contributed by atoms with Crippen molar-refractivity contribution in [1.29, 1.82) is 0 Å². The highest BCUT2D eigenvalue weighted by atomic mass is 79.9. The van der Waals surface area contributed by atoms with Crippen LogP contribution < -0.4 is 5.73 Å². The van der Waals surface area contributed by atoms with Crippen LogP contribution in [0.3, 0.4) is 0 Å². The monoisotopic (exact) mass is 351 g/mol. The molecule has 1 atom stereocenters. The molecule has 0 fully saturated rings. The van der Waals surface area contributed by atoms with Gasteiger partial charge in [0, 0.05) is 12.5 Å². The van der Waals surface area contributed by atoms with Gasteiger partial charge in [0.2, 0.25) is 0 Å². The summed E-state index contributed by atoms with van der Waals surface area (Å²) in [6, 6.07) is 10.2. The van der Waals surface area contributed by atoms with Gasteiger partial charge in [-0.15, -0.1) is 0 Å². The van der Waals surface area contributed by atoms with Crippen molar-refractivity contribution in [1.82, 2.24) is 9.78 Å². The van der Waals surface area contributed by atoms with Crippen molar-refractivity contribution in [3.63, 3.8) is 0 Å². The first-order chi connectivity index (χ1) is 9.98. The van der Waals surface area contributed by atoms with Crippen LogP contribution in [0.4, 0.5) is 0 Å². The van der Waals surface area contributed by atoms with Crippen molar-refractivity contribution in [2.75, 3.05) is 13.7 Å². The smallest absolute Gasteiger partial charge is 0.0703 e. The van der Waals surface area contributed by atoms with Crippen molar-refractivity contribution in [3.8, 4) is 0 Å². The fraction of sp³-hybridized carbons (Fsp3) is 0.438. The third kappa shape index (κ3) is 3.36. The summed E-state index contributed by atoms with van der Waals surface area (Å²) in [5.74, 6) is 0. The summed E-state index contributed by atoms with van der Waals surface area (Å²) in [6.07, 6.45) is 1.80. The largest absolute Gasteiger partial charge is 0.383 e. The van der Waals surface area contributed by atoms with Gasteiger partial charge in [-0.3, -0.25) is 4.68 Å². The van der Waals surface area contributed by atoms with Gasteiger partial charge in [0.1, 0.15) is 0 Å². The van der Waals surface area contributed by atoms with E-state index in [1.165, 1.54) is 5.56 Å². The van der Waals surface area contributed by atoms with E-state index in [1.807, 2.05) is 22.9 Å². The number of hydrogen-bond donors (Lipinski definition) is 1. The molecule has 2 aromatic rings. The van der Waals surface area contributed by atoms with E-state index in [0.29, 0.717) is 13.2 Å². The van der Waals surface area contributed by atoms with Crippen molar-refractivity contribution in [2.45, 2.75) is 31.8 Å². The zero-order valence-electron chi connectivity index (χ0n) is 12.7. The second-order valence-corrected chi connectivity index (χ2v) is 6.51. The van der Waals surface area contributed by atoms with Crippen molar-refractivity contribution in [2.24, 2.45) is 5.73 Å². The molecule has 1 aromatic heterocycles. The van der Waals surface area contributed by atoms with E-state index in [0.717, 1.165) is 10.2 Å². The first-order valence-electron chi connectivity index (χ1n) is 6.99. The van der Waals surface area contributed by atoms with Crippen LogP contribution in [0.2, 0.25) is 0 Å². The number of methoxy groups -OCH3 is 1. The van der Waals surface area contributed by atoms with Crippen LogP contribution in [0.15, 0.2) is 41.0 Å². The second-order valence-electron chi connectivity index (χ2n) is 5.66. The Morgan fingerprint density at radius 1 is 1.33 bits per heavy atom. The SMILES string of the molecule is COCCn1ncc(Br)c1C(N)C(C)(C)c1ccccc1. The molecule has 2 rings (SSSR count). The maximum Gasteiger partial charge on any atom is 0.0703 e. The van der Waals surface area contributed by atoms with Gasteiger partial charge in [-0.05, 0) is 21.5 Å². The molecule has 21 heavy (non-hydrogen) atoms. The minimum Gasteiger partial charge on any atom is -0.383 e. The fourth-order valence-corrected chi connectivity index (χ4v) is 2.97. The Labute approximate surface area is 134 Å². The predicted octanol–water partition coefficient (Wildman–Crippen LogP) is 3.27. The third-order valence-corrected chi connectivity index (χ3v) is 4.54. The summed E-state index contributed by atoms with van der Waals surface area (Å²) in [5.41, 5.74) is 8.60. The fourth-order valence-electron chi connectivity index (χ4n) is 2.43. The van der Waals surface area contributed by atoms with E-state index in [9.17, 15) is 0 Å². The van der Waals surface area contributed by atoms with Crippen LogP contribution >= 0.6 is 15.9 Å². The number of aromatic nitrogens is 2. The summed E-state index contributed by atoms with van der Waals surface area (Å²) in [4.78, 5) is 0. The van der Waals surface area contributed by atoms with E-state index in [2.05, 4.69) is 47.0 Å². The number of nitrogens with two attached hydrogens (primary N) is 1. The lowest BCUT2D eigenvalue weighted by molar-refractivity contribution is 0.181. The van der Waals surface area contributed by atoms with Crippen molar-refractivity contribution in [3.05, 3.63) is 52.3 Å². The van der Waals surface area contributed by atoms with Crippen LogP contribution in [0.5, 0.6) is 0 Å². The topological polar surface area (TPSA) is 53.1 Å². The van der Waals surface area contributed by atoms with E-state index in [4.69, 9.17) is 10.5 Å². The molecule has 1 aromatic carbocycles. The Morgan fingerprint density at radius 2 is 2.00 bits per heavy atom. The second kappa shape index (κ2) is 6.73. The molecule has 0 saturated heterocycles. The maximum absolute atomic E-state index is 6.59. The third-order valence-electron chi connectivity index (χ3n) is 3.93. The molecule has 0 amide bonds. The standard InChI is InChI=1S/C16H22BrN3O/c1-16(2,12-7-5-4-6-8-12)15(18)14-13(17)11-19-20(14)9-10-21-3/h4-8,11,15H,9-10,18H2,1-3H3. The molecule has 114 valence electrons. The van der Waals surface area contributed by atoms with Gasteiger partial charge in [0.25, 0.3) is 0 Å². The molecule has 1 unspecified atom stereocenters. The lowest BCUT2D eigenvalue weighted by Gasteiger charge is -2.33. The van der Waals surface area contributed by atoms with Gasteiger partial charge in [0.15, 0.2) is 0 Å². The number of rotatable bonds is 6. The minimum atomic E-state index is -0.200. The summed E-state index contributed by atoms with van der Waals surface area (Å²) in [6.45, 7) is 5.62. The normalized spacial score (nSPS) is 13.4. The summed E-state index contributed by atoms with van der Waals surface area (Å²) in [5, 5.41) is 4.39. The van der Waals surface area contributed by atoms with Gasteiger partial charge < -0.3 is 10.5 Å². The quantitative estimate of drug-likeness (QED) is 0.868. The molecule has 5 heteroatoms. The lowest BCUT2D eigenvalue weighted by Crippen LogP contribution is -2.35. The molecule has 0 aliphatic carbocycles. The number of ether oxygens (including phenoxy) is 1. The highest BCUT2D eigenvalue weighted by Gasteiger charge is 2.33. The molecule has 1 heterocycles. The summed E-state index contributed by atoms with van der Waals surface area (Å²) >= 11 is 3.57. The first kappa shape index (κ1) is 16.2. The van der Waals surface area contributed by atoms with Gasteiger partial charge >= 0.3 is 0 Å². The van der Waals surface area contributed by atoms with Gasteiger partial charge in [-0.1, -0.05) is 44.2 Å². The molecule has 0 saturated carbocycles. The van der Waals surface area contributed by atoms with Crippen LogP contribution in [0.1, 0.15) is 31.1 Å². The Kier molecular flexibility index (Phi) is 5.19. The van der Waals surface area contributed by atoms with Gasteiger partial charge in [-0.25, -0.2) is 0 Å². The average Bonchev–Trinajstić information content (AvgIpc) is 2.86. The Morgan fingerprint density at radius 3 is 2.62 bits per heavy atom. The molecule has 0 radical (unpaired) electrons. The highest BCUT2D eigenvalue weighted by Crippen LogP contribution is 2.37. The van der Waals surface area contributed by atoms with Crippen LogP contribution in [-0.2, 0) is 16.7 Å². The number of nitrogens with zero attached hydrogens (tertiary/aromatic N) is 2. The molecule has 0 bridgehead atoms. The van der Waals surface area contributed by atoms with Crippen molar-refractivity contribution >= 4 is 15.9 Å². The van der Waals surface area contributed by atoms with Crippen LogP contribution in [0.25, 0.3) is 0 Å². The van der Waals surface area contributed by atoms with E-state index in [-0.39, 0.29) is 11.5 Å². The molecule has 4 nitrogen and oxygen atoms in total. The predicted molar refractivity (Wildman–Crippen MR) is 88.2 cm³/mol. The zero-order valence-corrected chi connectivity index (χ0v) is 14.3. The lowest BCUT2D eigenvalue weighted by atomic mass is 9.77. The molecule has 2 N–H and O–H groups in total. The highest BCUT2D eigenvalue weighted by molar-refractivity contribution is 9.10. The van der Waals surface area contributed by atoms with Crippen LogP contribution in [0, 0.1) is 0 Å². The summed E-state index contributed by atoms with van der Waals surface area (Å²) in [7, 11) is 1.69. The number of benzene rings is 1. The Hall–Kier alpha value is -1.17. The van der Waals surface area contributed by atoms with E-state index in [1.54, 1.807) is 13.3 Å². The maximum atomic E-state index is 6.59. The number of halogens is 1. The van der Waals surface area contributed by atoms with Gasteiger partial charge in [-0.2, -0.15) is 5.10 Å². The van der Waals surface area contributed by atoms with Gasteiger partial charge in [0.05, 0.1) is 35.6 Å². The zero-order chi connectivity index (χ0) is 15.5. The van der Waals surface area contributed by atoms with Crippen molar-refractivity contribution < 1.29 is 4.74 Å². The minimum absolute atomic E-state index is 0.173. The molecule has 0 spiro atoms. The molecular formula is C16H22BrN3O. The van der Waals surface area contributed by atoms with Crippen LogP contribution in [-0.4, -0.2) is 23.5 Å². The van der Waals surface area contributed by atoms with E-state index >= 15 is 0 Å². The Balaban J connectivity index is 2.35. The Bertz CT molecular complexity index is 580. The molecule has 0 aliphatic heterocycles. The average molecular weight is 352 g/mol. The first-order valence-corrected chi connectivity index (χ1v) is 7.79. The van der Waals surface area contributed by atoms with E-state index < -0.39 is 0 Å². The molecule has 0 aliphatic rings. The molecular weight excluding hydrogens is 330 g/mol. The summed E-state index contributed by atoms with van der Waals surface area (Å²) < 4.78 is 8.00. The number of hydrogen-bond acceptors (Lipinski definition) is 3.